The van der Waals surface area contributed by atoms with Crippen LogP contribution >= 0.6 is 0 Å². The highest BCUT2D eigenvalue weighted by Crippen LogP contribution is 2.40. The molecule has 8 nitrogen and oxygen atoms in total. The fourth-order valence-corrected chi connectivity index (χ4v) is 2.50. The molecule has 8 heteroatoms. The second-order valence-corrected chi connectivity index (χ2v) is 5.59. The predicted molar refractivity (Wildman–Crippen MR) is 80.0 cm³/mol. The Bertz CT molecular complexity index is 864. The Labute approximate surface area is 132 Å². The molecule has 1 saturated carbocycles. The number of carbonyl (C=O) groups excluding carboxylic acids is 1. The van der Waals surface area contributed by atoms with Crippen molar-refractivity contribution in [1.82, 2.24) is 29.6 Å². The van der Waals surface area contributed by atoms with E-state index in [9.17, 15) is 4.79 Å². The van der Waals surface area contributed by atoms with Crippen molar-refractivity contribution in [3.8, 4) is 0 Å². The molecule has 23 heavy (non-hydrogen) atoms. The molecule has 0 saturated heterocycles. The van der Waals surface area contributed by atoms with Crippen molar-refractivity contribution < 1.29 is 9.53 Å². The molecule has 3 aromatic heterocycles. The Kier molecular flexibility index (Phi) is 3.29. The van der Waals surface area contributed by atoms with E-state index in [1.807, 2.05) is 6.20 Å². The first-order valence-electron chi connectivity index (χ1n) is 7.65. The number of hydrogen-bond acceptors (Lipinski definition) is 6. The van der Waals surface area contributed by atoms with Gasteiger partial charge in [0.05, 0.1) is 12.8 Å². The minimum Gasteiger partial charge on any atom is -0.461 e. The van der Waals surface area contributed by atoms with Gasteiger partial charge in [-0.05, 0) is 43.4 Å². The maximum Gasteiger partial charge on any atom is 0.360 e. The van der Waals surface area contributed by atoms with E-state index in [0.717, 1.165) is 5.65 Å². The summed E-state index contributed by atoms with van der Waals surface area (Å²) >= 11 is 0. The fraction of sp³-hybridized carbons (Fsp3) is 0.400. The zero-order chi connectivity index (χ0) is 15.8. The zero-order valence-electron chi connectivity index (χ0n) is 12.7. The third-order valence-corrected chi connectivity index (χ3v) is 3.78. The van der Waals surface area contributed by atoms with E-state index in [1.165, 1.54) is 23.1 Å². The highest BCUT2D eigenvalue weighted by atomic mass is 16.5. The number of rotatable bonds is 5. The van der Waals surface area contributed by atoms with Crippen LogP contribution in [0, 0.1) is 0 Å². The van der Waals surface area contributed by atoms with Gasteiger partial charge in [-0.1, -0.05) is 5.21 Å². The molecule has 3 aromatic rings. The minimum absolute atomic E-state index is 0.187. The van der Waals surface area contributed by atoms with Crippen molar-refractivity contribution >= 4 is 11.6 Å². The highest BCUT2D eigenvalue weighted by molar-refractivity contribution is 5.86. The Morgan fingerprint density at radius 2 is 2.30 bits per heavy atom. The van der Waals surface area contributed by atoms with Crippen molar-refractivity contribution in [2.45, 2.75) is 32.2 Å². The first-order chi connectivity index (χ1) is 11.2. The van der Waals surface area contributed by atoms with E-state index in [2.05, 4.69) is 32.5 Å². The Morgan fingerprint density at radius 3 is 3.09 bits per heavy atom. The van der Waals surface area contributed by atoms with Crippen molar-refractivity contribution in [3.63, 3.8) is 0 Å². The van der Waals surface area contributed by atoms with E-state index in [-0.39, 0.29) is 5.69 Å². The zero-order valence-corrected chi connectivity index (χ0v) is 12.7. The normalized spacial score (nSPS) is 14.3. The molecular formula is C15H16N6O2. The number of esters is 1. The van der Waals surface area contributed by atoms with E-state index in [4.69, 9.17) is 4.74 Å². The minimum atomic E-state index is -0.476. The van der Waals surface area contributed by atoms with Crippen LogP contribution in [0.3, 0.4) is 0 Å². The first kappa shape index (κ1) is 13.9. The largest absolute Gasteiger partial charge is 0.461 e. The molecule has 0 aliphatic heterocycles. The predicted octanol–water partition coefficient (Wildman–Crippen LogP) is 1.42. The molecule has 0 aromatic carbocycles. The number of fused-ring (bicyclic) bond motifs is 1. The Hall–Kier alpha value is -2.77. The van der Waals surface area contributed by atoms with Crippen LogP contribution in [0.25, 0.3) is 5.65 Å². The molecule has 0 N–H and O–H groups in total. The molecule has 0 unspecified atom stereocenters. The van der Waals surface area contributed by atoms with Gasteiger partial charge in [-0.3, -0.25) is 0 Å². The summed E-state index contributed by atoms with van der Waals surface area (Å²) in [6.45, 7) is 2.41. The van der Waals surface area contributed by atoms with E-state index >= 15 is 0 Å². The van der Waals surface area contributed by atoms with Crippen LogP contribution in [0.5, 0.6) is 0 Å². The molecule has 0 radical (unpaired) electrons. The number of hydrogen-bond donors (Lipinski definition) is 0. The van der Waals surface area contributed by atoms with Gasteiger partial charge in [-0.15, -0.1) is 10.2 Å². The van der Waals surface area contributed by atoms with Crippen LogP contribution in [0.2, 0.25) is 0 Å². The molecule has 0 atom stereocenters. The summed E-state index contributed by atoms with van der Waals surface area (Å²) in [5.41, 5.74) is 2.34. The van der Waals surface area contributed by atoms with E-state index < -0.39 is 5.97 Å². The maximum absolute atomic E-state index is 11.6. The molecule has 0 amide bonds. The third kappa shape index (κ3) is 2.79. The molecule has 4 rings (SSSR count). The molecule has 0 bridgehead atoms. The second-order valence-electron chi connectivity index (χ2n) is 5.59. The smallest absolute Gasteiger partial charge is 0.360 e. The summed E-state index contributed by atoms with van der Waals surface area (Å²) in [6, 6.07) is 4.18. The standard InChI is InChI=1S/C15H16N6O2/c1-2-23-15(22)12-8-20(19-17-12)9-13-16-14-7-11(10-3-4-10)5-6-21(14)18-13/h5-8,10H,2-4,9H2,1H3. The van der Waals surface area contributed by atoms with Crippen LogP contribution in [0.4, 0.5) is 0 Å². The average Bonchev–Trinajstić information content (AvgIpc) is 3.15. The lowest BCUT2D eigenvalue weighted by Gasteiger charge is -1.96. The molecule has 3 heterocycles. The summed E-state index contributed by atoms with van der Waals surface area (Å²) < 4.78 is 8.18. The van der Waals surface area contributed by atoms with Gasteiger partial charge in [0.2, 0.25) is 0 Å². The number of pyridine rings is 1. The third-order valence-electron chi connectivity index (χ3n) is 3.78. The van der Waals surface area contributed by atoms with E-state index in [0.29, 0.717) is 24.9 Å². The van der Waals surface area contributed by atoms with Gasteiger partial charge in [-0.2, -0.15) is 0 Å². The number of carbonyl (C=O) groups is 1. The summed E-state index contributed by atoms with van der Waals surface area (Å²) in [5.74, 6) is 0.830. The molecule has 1 aliphatic carbocycles. The van der Waals surface area contributed by atoms with Gasteiger partial charge in [-0.25, -0.2) is 19.0 Å². The quantitative estimate of drug-likeness (QED) is 0.662. The Balaban J connectivity index is 1.54. The topological polar surface area (TPSA) is 87.2 Å². The summed E-state index contributed by atoms with van der Waals surface area (Å²) in [5, 5.41) is 12.1. The van der Waals surface area contributed by atoms with Crippen LogP contribution in [0.15, 0.2) is 24.5 Å². The lowest BCUT2D eigenvalue weighted by Crippen LogP contribution is -2.05. The second kappa shape index (κ2) is 5.45. The van der Waals surface area contributed by atoms with Gasteiger partial charge >= 0.3 is 5.97 Å². The lowest BCUT2D eigenvalue weighted by molar-refractivity contribution is 0.0519. The molecule has 118 valence electrons. The summed E-state index contributed by atoms with van der Waals surface area (Å²) in [6.07, 6.45) is 5.99. The first-order valence-corrected chi connectivity index (χ1v) is 7.65. The lowest BCUT2D eigenvalue weighted by atomic mass is 10.2. The van der Waals surface area contributed by atoms with Gasteiger partial charge in [0.25, 0.3) is 0 Å². The summed E-state index contributed by atoms with van der Waals surface area (Å²) in [7, 11) is 0. The van der Waals surface area contributed by atoms with Crippen molar-refractivity contribution in [3.05, 3.63) is 41.6 Å². The number of nitrogens with zero attached hydrogens (tertiary/aromatic N) is 6. The van der Waals surface area contributed by atoms with Crippen LogP contribution in [-0.4, -0.2) is 42.2 Å². The molecule has 1 aliphatic rings. The van der Waals surface area contributed by atoms with Crippen LogP contribution in [0.1, 0.15) is 47.6 Å². The molecule has 0 spiro atoms. The SMILES string of the molecule is CCOC(=O)c1cn(Cc2nc3cc(C4CC4)ccn3n2)nn1. The average molecular weight is 312 g/mol. The number of ether oxygens (including phenoxy) is 1. The van der Waals surface area contributed by atoms with Gasteiger partial charge in [0, 0.05) is 6.20 Å². The van der Waals surface area contributed by atoms with Gasteiger partial charge in [0.15, 0.2) is 17.2 Å². The highest BCUT2D eigenvalue weighted by Gasteiger charge is 2.24. The van der Waals surface area contributed by atoms with Crippen LogP contribution in [-0.2, 0) is 11.3 Å². The van der Waals surface area contributed by atoms with Gasteiger partial charge in [0.1, 0.15) is 6.54 Å². The van der Waals surface area contributed by atoms with Crippen molar-refractivity contribution in [2.75, 3.05) is 6.61 Å². The van der Waals surface area contributed by atoms with Crippen molar-refractivity contribution in [2.24, 2.45) is 0 Å². The molecule has 1 fully saturated rings. The maximum atomic E-state index is 11.6. The summed E-state index contributed by atoms with van der Waals surface area (Å²) in [4.78, 5) is 16.1. The monoisotopic (exact) mass is 312 g/mol. The van der Waals surface area contributed by atoms with E-state index in [1.54, 1.807) is 17.6 Å². The number of aromatic nitrogens is 6. The Morgan fingerprint density at radius 1 is 1.43 bits per heavy atom. The van der Waals surface area contributed by atoms with Crippen LogP contribution < -0.4 is 0 Å². The molecular weight excluding hydrogens is 296 g/mol. The van der Waals surface area contributed by atoms with Crippen molar-refractivity contribution in [1.29, 1.82) is 0 Å². The van der Waals surface area contributed by atoms with Gasteiger partial charge < -0.3 is 4.74 Å². The fourth-order valence-electron chi connectivity index (χ4n) is 2.50.